The minimum atomic E-state index is -1.85. The molecule has 0 saturated carbocycles. The quantitative estimate of drug-likeness (QED) is 0.206. The highest BCUT2D eigenvalue weighted by Gasteiger charge is 2.54. The van der Waals surface area contributed by atoms with Gasteiger partial charge in [0.2, 0.25) is 0 Å². The van der Waals surface area contributed by atoms with Crippen LogP contribution in [0.3, 0.4) is 0 Å². The molecular weight excluding hydrogens is 560 g/mol. The summed E-state index contributed by atoms with van der Waals surface area (Å²) in [5, 5.41) is 33.1. The highest BCUT2D eigenvalue weighted by atomic mass is 16.7. The van der Waals surface area contributed by atoms with Gasteiger partial charge in [-0.3, -0.25) is 19.2 Å². The van der Waals surface area contributed by atoms with Crippen LogP contribution < -0.4 is 0 Å². The van der Waals surface area contributed by atoms with Crippen molar-refractivity contribution in [3.63, 3.8) is 0 Å². The van der Waals surface area contributed by atoms with Gasteiger partial charge in [-0.15, -0.1) is 0 Å². The van der Waals surface area contributed by atoms with Gasteiger partial charge in [0, 0.05) is 6.42 Å². The molecule has 42 heavy (non-hydrogen) atoms. The van der Waals surface area contributed by atoms with Crippen molar-refractivity contribution in [2.45, 2.75) is 130 Å². The Hall–Kier alpha value is -2.36. The van der Waals surface area contributed by atoms with Crippen LogP contribution in [-0.4, -0.2) is 107 Å². The van der Waals surface area contributed by atoms with Crippen molar-refractivity contribution in [1.29, 1.82) is 0 Å². The number of aliphatic hydroxyl groups excluding tert-OH is 3. The third-order valence-corrected chi connectivity index (χ3v) is 6.71. The van der Waals surface area contributed by atoms with E-state index in [0.717, 1.165) is 0 Å². The lowest BCUT2D eigenvalue weighted by molar-refractivity contribution is -0.360. The monoisotopic (exact) mass is 606 g/mol. The summed E-state index contributed by atoms with van der Waals surface area (Å²) < 4.78 is 38.7. The number of hydrogen-bond donors (Lipinski definition) is 3. The third kappa shape index (κ3) is 9.32. The van der Waals surface area contributed by atoms with E-state index in [4.69, 9.17) is 33.2 Å². The predicted octanol–water partition coefficient (Wildman–Crippen LogP) is 0.602. The highest BCUT2D eigenvalue weighted by molar-refractivity contribution is 5.73. The maximum atomic E-state index is 12.4. The molecule has 0 amide bonds. The van der Waals surface area contributed by atoms with Crippen LogP contribution in [0.15, 0.2) is 0 Å². The van der Waals surface area contributed by atoms with Crippen molar-refractivity contribution in [1.82, 2.24) is 0 Å². The first-order chi connectivity index (χ1) is 19.6. The van der Waals surface area contributed by atoms with E-state index in [-0.39, 0.29) is 6.42 Å². The molecular formula is C28H46O14. The van der Waals surface area contributed by atoms with Crippen LogP contribution in [0, 0.1) is 17.8 Å². The summed E-state index contributed by atoms with van der Waals surface area (Å²) in [5.41, 5.74) is 0. The number of esters is 4. The molecule has 14 heteroatoms. The summed E-state index contributed by atoms with van der Waals surface area (Å²) in [5.74, 6) is -4.10. The summed E-state index contributed by atoms with van der Waals surface area (Å²) in [6.07, 6.45) is -14.3. The van der Waals surface area contributed by atoms with E-state index in [1.54, 1.807) is 48.5 Å². The first kappa shape index (κ1) is 35.8. The molecule has 242 valence electrons. The second-order valence-electron chi connectivity index (χ2n) is 11.5. The Labute approximate surface area is 245 Å². The summed E-state index contributed by atoms with van der Waals surface area (Å²) in [6.45, 7) is 12.4. The molecule has 10 atom stereocenters. The molecule has 0 aromatic rings. The van der Waals surface area contributed by atoms with Gasteiger partial charge in [0.25, 0.3) is 0 Å². The molecule has 0 radical (unpaired) electrons. The Morgan fingerprint density at radius 3 is 1.79 bits per heavy atom. The lowest BCUT2D eigenvalue weighted by Gasteiger charge is -2.46. The molecule has 0 bridgehead atoms. The largest absolute Gasteiger partial charge is 0.463 e. The highest BCUT2D eigenvalue weighted by Crippen LogP contribution is 2.32. The second-order valence-corrected chi connectivity index (χ2v) is 11.5. The van der Waals surface area contributed by atoms with Crippen molar-refractivity contribution in [3.8, 4) is 0 Å². The maximum Gasteiger partial charge on any atom is 0.308 e. The first-order valence-electron chi connectivity index (χ1n) is 14.4. The van der Waals surface area contributed by atoms with Gasteiger partial charge in [-0.05, 0) is 13.3 Å². The molecule has 0 aliphatic carbocycles. The fourth-order valence-corrected chi connectivity index (χ4v) is 4.18. The average Bonchev–Trinajstić information content (AvgIpc) is 2.90. The molecule has 2 fully saturated rings. The maximum absolute atomic E-state index is 12.4. The van der Waals surface area contributed by atoms with E-state index < -0.39 is 110 Å². The van der Waals surface area contributed by atoms with Crippen molar-refractivity contribution >= 4 is 23.9 Å². The van der Waals surface area contributed by atoms with Crippen LogP contribution in [0.4, 0.5) is 0 Å². The van der Waals surface area contributed by atoms with E-state index in [1.807, 2.05) is 0 Å². The molecule has 4 unspecified atom stereocenters. The van der Waals surface area contributed by atoms with Crippen LogP contribution >= 0.6 is 0 Å². The lowest BCUT2D eigenvalue weighted by Crippen LogP contribution is -2.65. The van der Waals surface area contributed by atoms with Gasteiger partial charge in [0.05, 0.1) is 23.9 Å². The second kappa shape index (κ2) is 15.9. The van der Waals surface area contributed by atoms with Crippen LogP contribution in [0.25, 0.3) is 0 Å². The molecule has 0 spiro atoms. The van der Waals surface area contributed by atoms with E-state index in [1.165, 1.54) is 6.92 Å². The third-order valence-electron chi connectivity index (χ3n) is 6.71. The van der Waals surface area contributed by atoms with Crippen molar-refractivity contribution in [3.05, 3.63) is 0 Å². The van der Waals surface area contributed by atoms with Gasteiger partial charge in [-0.25, -0.2) is 0 Å². The fourth-order valence-electron chi connectivity index (χ4n) is 4.18. The summed E-state index contributed by atoms with van der Waals surface area (Å²) >= 11 is 0. The van der Waals surface area contributed by atoms with Gasteiger partial charge >= 0.3 is 23.9 Å². The topological polar surface area (TPSA) is 194 Å². The van der Waals surface area contributed by atoms with Crippen molar-refractivity contribution < 1.29 is 67.7 Å². The van der Waals surface area contributed by atoms with Crippen LogP contribution in [-0.2, 0) is 52.3 Å². The van der Waals surface area contributed by atoms with E-state index in [2.05, 4.69) is 0 Å². The van der Waals surface area contributed by atoms with Crippen LogP contribution in [0.2, 0.25) is 0 Å². The predicted molar refractivity (Wildman–Crippen MR) is 142 cm³/mol. The Morgan fingerprint density at radius 1 is 0.714 bits per heavy atom. The van der Waals surface area contributed by atoms with Gasteiger partial charge in [-0.1, -0.05) is 48.5 Å². The van der Waals surface area contributed by atoms with Gasteiger partial charge in [-0.2, -0.15) is 0 Å². The van der Waals surface area contributed by atoms with Gasteiger partial charge < -0.3 is 48.5 Å². The zero-order valence-corrected chi connectivity index (χ0v) is 25.5. The summed E-state index contributed by atoms with van der Waals surface area (Å²) in [4.78, 5) is 49.2. The smallest absolute Gasteiger partial charge is 0.308 e. The molecule has 2 heterocycles. The van der Waals surface area contributed by atoms with E-state index >= 15 is 0 Å². The van der Waals surface area contributed by atoms with Gasteiger partial charge in [0.1, 0.15) is 31.0 Å². The number of rotatable bonds is 12. The zero-order chi connectivity index (χ0) is 31.9. The SMILES string of the molecule is CCCC(=O)O[C@@H]1C(O)[C@H](OC2[C@H](O)OC(COC(=O)C(C)C)[C@@H](OC(=O)C(C)C)[C@@H]2O)OC(C)[C@@H]1OC(=O)C(C)C. The molecule has 3 N–H and O–H groups in total. The van der Waals surface area contributed by atoms with Crippen LogP contribution in [0.1, 0.15) is 68.2 Å². The number of hydrogen-bond acceptors (Lipinski definition) is 14. The van der Waals surface area contributed by atoms with E-state index in [9.17, 15) is 34.5 Å². The number of aliphatic hydroxyl groups is 3. The zero-order valence-electron chi connectivity index (χ0n) is 25.5. The average molecular weight is 607 g/mol. The summed E-state index contributed by atoms with van der Waals surface area (Å²) in [6, 6.07) is 0. The Morgan fingerprint density at radius 2 is 1.26 bits per heavy atom. The molecule has 2 aliphatic heterocycles. The van der Waals surface area contributed by atoms with Crippen molar-refractivity contribution in [2.75, 3.05) is 6.61 Å². The molecule has 2 saturated heterocycles. The first-order valence-corrected chi connectivity index (χ1v) is 14.4. The van der Waals surface area contributed by atoms with Crippen LogP contribution in [0.5, 0.6) is 0 Å². The Balaban J connectivity index is 2.30. The number of ether oxygens (including phenoxy) is 7. The summed E-state index contributed by atoms with van der Waals surface area (Å²) in [7, 11) is 0. The Kier molecular flexibility index (Phi) is 13.6. The van der Waals surface area contributed by atoms with Gasteiger partial charge in [0.15, 0.2) is 30.9 Å². The lowest BCUT2D eigenvalue weighted by atomic mass is 9.96. The molecule has 0 aromatic heterocycles. The standard InChI is InChI=1S/C28H46O14/c1-9-10-17(29)39-22-19(31)28(37-15(8)20(22)40-25(33)13(4)5)42-23-18(30)21(41-26(34)14(6)7)16(38-27(23)35)11-36-24(32)12(2)3/h12-16,18-23,27-28,30-31,35H,9-11H2,1-8H3/t15?,16?,18-,19?,20-,21+,22+,23?,27+,28-/m0/s1. The fraction of sp³-hybridized carbons (Fsp3) is 0.857. The van der Waals surface area contributed by atoms with E-state index in [0.29, 0.717) is 6.42 Å². The minimum Gasteiger partial charge on any atom is -0.463 e. The number of carbonyl (C=O) groups is 4. The Bertz CT molecular complexity index is 920. The molecule has 14 nitrogen and oxygen atoms in total. The molecule has 2 rings (SSSR count). The minimum absolute atomic E-state index is 0.0361. The molecule has 0 aromatic carbocycles. The van der Waals surface area contributed by atoms with Crippen molar-refractivity contribution in [2.24, 2.45) is 17.8 Å². The normalized spacial score (nSPS) is 33.4. The number of carbonyl (C=O) groups excluding carboxylic acids is 4. The molecule has 2 aliphatic rings.